The number of hydrogen-bond donors (Lipinski definition) is 0. The predicted octanol–water partition coefficient (Wildman–Crippen LogP) is 2.08. The Hall–Kier alpha value is -0.330. The maximum Gasteiger partial charge on any atom is 0.319 e. The van der Waals surface area contributed by atoms with Gasteiger partial charge in [0, 0.05) is 0 Å². The molecule has 2 unspecified atom stereocenters. The van der Waals surface area contributed by atoms with Crippen molar-refractivity contribution >= 4 is 34.5 Å². The van der Waals surface area contributed by atoms with E-state index in [0.717, 1.165) is 0 Å². The fraction of sp³-hybridized carbons (Fsp3) is 0.818. The van der Waals surface area contributed by atoms with E-state index in [2.05, 4.69) is 0 Å². The zero-order chi connectivity index (χ0) is 12.6. The number of ether oxygens (including phenoxy) is 2. The lowest BCUT2D eigenvalue weighted by atomic mass is 9.78. The molecule has 0 radical (unpaired) electrons. The first-order valence-corrected chi connectivity index (χ1v) is 6.53. The SMILES string of the molecule is CCC(I)C(=O)OC1(C)COC(=O)C1(C)C. The molecule has 92 valence electrons. The van der Waals surface area contributed by atoms with Crippen molar-refractivity contribution in [3.8, 4) is 0 Å². The number of hydrogen-bond acceptors (Lipinski definition) is 4. The normalized spacial score (nSPS) is 29.7. The third kappa shape index (κ3) is 2.19. The van der Waals surface area contributed by atoms with Gasteiger partial charge < -0.3 is 9.47 Å². The maximum atomic E-state index is 11.7. The lowest BCUT2D eigenvalue weighted by molar-refractivity contribution is -0.166. The van der Waals surface area contributed by atoms with Gasteiger partial charge in [-0.25, -0.2) is 0 Å². The van der Waals surface area contributed by atoms with Crippen LogP contribution in [-0.2, 0) is 19.1 Å². The largest absolute Gasteiger partial charge is 0.461 e. The summed E-state index contributed by atoms with van der Waals surface area (Å²) in [7, 11) is 0. The second kappa shape index (κ2) is 4.50. The summed E-state index contributed by atoms with van der Waals surface area (Å²) >= 11 is 2.04. The molecule has 0 bridgehead atoms. The van der Waals surface area contributed by atoms with Crippen LogP contribution in [0, 0.1) is 5.41 Å². The second-order valence-electron chi connectivity index (χ2n) is 4.73. The lowest BCUT2D eigenvalue weighted by Gasteiger charge is -2.33. The standard InChI is InChI=1S/C11H17IO4/c1-5-7(12)8(13)16-11(4)6-15-9(14)10(11,2)3/h7H,5-6H2,1-4H3. The summed E-state index contributed by atoms with van der Waals surface area (Å²) in [5.41, 5.74) is -1.65. The molecule has 0 spiro atoms. The average molecular weight is 340 g/mol. The summed E-state index contributed by atoms with van der Waals surface area (Å²) in [5, 5.41) is 0. The highest BCUT2D eigenvalue weighted by Crippen LogP contribution is 2.41. The Morgan fingerprint density at radius 1 is 1.56 bits per heavy atom. The van der Waals surface area contributed by atoms with Crippen molar-refractivity contribution in [3.63, 3.8) is 0 Å². The number of halogens is 1. The third-order valence-electron chi connectivity index (χ3n) is 3.25. The highest BCUT2D eigenvalue weighted by Gasteiger charge is 2.57. The van der Waals surface area contributed by atoms with Crippen LogP contribution in [0.5, 0.6) is 0 Å². The van der Waals surface area contributed by atoms with Gasteiger partial charge in [-0.15, -0.1) is 0 Å². The van der Waals surface area contributed by atoms with Gasteiger partial charge in [-0.3, -0.25) is 9.59 Å². The zero-order valence-corrected chi connectivity index (χ0v) is 12.2. The Morgan fingerprint density at radius 3 is 2.50 bits per heavy atom. The molecule has 0 saturated carbocycles. The molecular weight excluding hydrogens is 323 g/mol. The molecule has 0 amide bonds. The first-order valence-electron chi connectivity index (χ1n) is 5.29. The van der Waals surface area contributed by atoms with Crippen LogP contribution >= 0.6 is 22.6 Å². The van der Waals surface area contributed by atoms with Crippen LogP contribution in [0.4, 0.5) is 0 Å². The maximum absolute atomic E-state index is 11.7. The highest BCUT2D eigenvalue weighted by molar-refractivity contribution is 14.1. The third-order valence-corrected chi connectivity index (χ3v) is 4.64. The Balaban J connectivity index is 2.81. The molecule has 1 fully saturated rings. The minimum Gasteiger partial charge on any atom is -0.461 e. The van der Waals surface area contributed by atoms with Crippen LogP contribution in [-0.4, -0.2) is 28.1 Å². The van der Waals surface area contributed by atoms with E-state index in [4.69, 9.17) is 9.47 Å². The number of rotatable bonds is 3. The zero-order valence-electron chi connectivity index (χ0n) is 10.0. The van der Waals surface area contributed by atoms with E-state index in [0.29, 0.717) is 6.42 Å². The number of alkyl halides is 1. The van der Waals surface area contributed by atoms with E-state index in [1.165, 1.54) is 0 Å². The van der Waals surface area contributed by atoms with Gasteiger partial charge in [-0.2, -0.15) is 0 Å². The predicted molar refractivity (Wildman–Crippen MR) is 67.3 cm³/mol. The Morgan fingerprint density at radius 2 is 2.12 bits per heavy atom. The van der Waals surface area contributed by atoms with Gasteiger partial charge in [0.2, 0.25) is 0 Å². The molecule has 0 aromatic rings. The topological polar surface area (TPSA) is 52.6 Å². The fourth-order valence-electron chi connectivity index (χ4n) is 1.39. The van der Waals surface area contributed by atoms with Crippen LogP contribution in [0.1, 0.15) is 34.1 Å². The summed E-state index contributed by atoms with van der Waals surface area (Å²) in [6, 6.07) is 0. The lowest BCUT2D eigenvalue weighted by Crippen LogP contribution is -2.47. The van der Waals surface area contributed by atoms with Crippen LogP contribution in [0.15, 0.2) is 0 Å². The van der Waals surface area contributed by atoms with E-state index >= 15 is 0 Å². The van der Waals surface area contributed by atoms with Gasteiger partial charge in [0.05, 0.1) is 0 Å². The van der Waals surface area contributed by atoms with E-state index in [-0.39, 0.29) is 22.5 Å². The van der Waals surface area contributed by atoms with Crippen LogP contribution in [0.2, 0.25) is 0 Å². The van der Waals surface area contributed by atoms with Crippen molar-refractivity contribution in [2.24, 2.45) is 5.41 Å². The smallest absolute Gasteiger partial charge is 0.319 e. The van der Waals surface area contributed by atoms with Crippen molar-refractivity contribution < 1.29 is 19.1 Å². The molecule has 1 rings (SSSR count). The number of esters is 2. The molecule has 16 heavy (non-hydrogen) atoms. The summed E-state index contributed by atoms with van der Waals surface area (Å²) < 4.78 is 10.2. The molecule has 1 heterocycles. The van der Waals surface area contributed by atoms with Gasteiger partial charge in [-0.05, 0) is 27.2 Å². The van der Waals surface area contributed by atoms with Gasteiger partial charge >= 0.3 is 11.9 Å². The molecule has 1 saturated heterocycles. The van der Waals surface area contributed by atoms with E-state index in [1.807, 2.05) is 29.5 Å². The quantitative estimate of drug-likeness (QED) is 0.449. The summed E-state index contributed by atoms with van der Waals surface area (Å²) in [4.78, 5) is 23.3. The molecule has 1 aliphatic rings. The molecular formula is C11H17IO4. The Labute approximate surface area is 109 Å². The molecule has 2 atom stereocenters. The van der Waals surface area contributed by atoms with Crippen molar-refractivity contribution in [1.29, 1.82) is 0 Å². The van der Waals surface area contributed by atoms with E-state index < -0.39 is 11.0 Å². The Bertz CT molecular complexity index is 313. The highest BCUT2D eigenvalue weighted by atomic mass is 127. The molecule has 0 aromatic carbocycles. The fourth-order valence-corrected chi connectivity index (χ4v) is 1.52. The molecule has 4 nitrogen and oxygen atoms in total. The molecule has 0 aliphatic carbocycles. The molecule has 0 aromatic heterocycles. The number of cyclic esters (lactones) is 1. The van der Waals surface area contributed by atoms with Gasteiger partial charge in [0.1, 0.15) is 15.9 Å². The molecule has 0 N–H and O–H groups in total. The van der Waals surface area contributed by atoms with E-state index in [9.17, 15) is 9.59 Å². The van der Waals surface area contributed by atoms with Crippen LogP contribution < -0.4 is 0 Å². The second-order valence-corrected chi connectivity index (χ2v) is 6.23. The molecule has 1 aliphatic heterocycles. The van der Waals surface area contributed by atoms with Gasteiger partial charge in [0.25, 0.3) is 0 Å². The van der Waals surface area contributed by atoms with Crippen LogP contribution in [0.3, 0.4) is 0 Å². The minimum atomic E-state index is -0.861. The van der Waals surface area contributed by atoms with Gasteiger partial charge in [-0.1, -0.05) is 29.5 Å². The first kappa shape index (κ1) is 13.7. The van der Waals surface area contributed by atoms with Crippen LogP contribution in [0.25, 0.3) is 0 Å². The number of carbonyl (C=O) groups excluding carboxylic acids is 2. The van der Waals surface area contributed by atoms with Crippen molar-refractivity contribution in [3.05, 3.63) is 0 Å². The Kier molecular flexibility index (Phi) is 3.87. The summed E-state index contributed by atoms with van der Waals surface area (Å²) in [6.07, 6.45) is 0.713. The monoisotopic (exact) mass is 340 g/mol. The summed E-state index contributed by atoms with van der Waals surface area (Å²) in [6.45, 7) is 7.28. The average Bonchev–Trinajstić information content (AvgIpc) is 2.41. The first-order chi connectivity index (χ1) is 7.24. The minimum absolute atomic E-state index is 0.137. The van der Waals surface area contributed by atoms with Crippen molar-refractivity contribution in [2.75, 3.05) is 6.61 Å². The molecule has 5 heteroatoms. The van der Waals surface area contributed by atoms with Gasteiger partial charge in [0.15, 0.2) is 5.60 Å². The van der Waals surface area contributed by atoms with Crippen molar-refractivity contribution in [2.45, 2.75) is 43.6 Å². The van der Waals surface area contributed by atoms with Crippen molar-refractivity contribution in [1.82, 2.24) is 0 Å². The summed E-state index contributed by atoms with van der Waals surface area (Å²) in [5.74, 6) is -0.596. The number of carbonyl (C=O) groups is 2. The van der Waals surface area contributed by atoms with E-state index in [1.54, 1.807) is 20.8 Å².